The molecule has 1 aliphatic heterocycles. The quantitative estimate of drug-likeness (QED) is 0.805. The summed E-state index contributed by atoms with van der Waals surface area (Å²) in [5.74, 6) is -0.987. The van der Waals surface area contributed by atoms with E-state index in [0.717, 1.165) is 12.8 Å². The minimum atomic E-state index is -0.749. The van der Waals surface area contributed by atoms with Crippen LogP contribution in [0.5, 0.6) is 0 Å². The van der Waals surface area contributed by atoms with Crippen molar-refractivity contribution in [2.24, 2.45) is 17.8 Å². The molecule has 1 saturated carbocycles. The predicted octanol–water partition coefficient (Wildman–Crippen LogP) is 0.862. The first-order valence-corrected chi connectivity index (χ1v) is 7.75. The summed E-state index contributed by atoms with van der Waals surface area (Å²) in [7, 11) is 0. The Morgan fingerprint density at radius 1 is 1.14 bits per heavy atom. The van der Waals surface area contributed by atoms with Gasteiger partial charge in [-0.05, 0) is 31.6 Å². The highest BCUT2D eigenvalue weighted by molar-refractivity contribution is 5.79. The first-order chi connectivity index (χ1) is 9.99. The minimum absolute atomic E-state index is 0.00856. The largest absolute Gasteiger partial charge is 0.481 e. The van der Waals surface area contributed by atoms with Crippen LogP contribution >= 0.6 is 0 Å². The molecule has 2 fully saturated rings. The zero-order valence-electron chi connectivity index (χ0n) is 12.5. The summed E-state index contributed by atoms with van der Waals surface area (Å²) in [6, 6.07) is 0. The van der Waals surface area contributed by atoms with Gasteiger partial charge in [0.25, 0.3) is 0 Å². The van der Waals surface area contributed by atoms with E-state index >= 15 is 0 Å². The van der Waals surface area contributed by atoms with Crippen molar-refractivity contribution in [3.05, 3.63) is 0 Å². The van der Waals surface area contributed by atoms with E-state index in [1.807, 2.05) is 0 Å². The minimum Gasteiger partial charge on any atom is -0.481 e. The van der Waals surface area contributed by atoms with Crippen molar-refractivity contribution in [2.45, 2.75) is 39.0 Å². The van der Waals surface area contributed by atoms with Gasteiger partial charge in [0, 0.05) is 32.5 Å². The molecule has 0 bridgehead atoms. The number of piperidine rings is 1. The molecule has 2 atom stereocenters. The van der Waals surface area contributed by atoms with Crippen LogP contribution in [0.25, 0.3) is 0 Å². The van der Waals surface area contributed by atoms with Crippen molar-refractivity contribution >= 4 is 17.8 Å². The molecule has 0 aromatic rings. The van der Waals surface area contributed by atoms with E-state index in [1.54, 1.807) is 11.8 Å². The van der Waals surface area contributed by atoms with Gasteiger partial charge in [-0.3, -0.25) is 14.4 Å². The van der Waals surface area contributed by atoms with E-state index in [0.29, 0.717) is 38.9 Å². The van der Waals surface area contributed by atoms with E-state index in [4.69, 9.17) is 5.11 Å². The molecular weight excluding hydrogens is 272 g/mol. The number of carbonyl (C=O) groups is 3. The highest BCUT2D eigenvalue weighted by Gasteiger charge is 2.33. The van der Waals surface area contributed by atoms with E-state index in [1.165, 1.54) is 0 Å². The number of likely N-dealkylation sites (tertiary alicyclic amines) is 1. The second-order valence-electron chi connectivity index (χ2n) is 6.16. The molecule has 0 radical (unpaired) electrons. The first-order valence-electron chi connectivity index (χ1n) is 7.75. The van der Waals surface area contributed by atoms with Crippen LogP contribution in [0.15, 0.2) is 0 Å². The van der Waals surface area contributed by atoms with E-state index in [-0.39, 0.29) is 29.6 Å². The lowest BCUT2D eigenvalue weighted by molar-refractivity contribution is -0.143. The number of nitrogens with one attached hydrogen (secondary N) is 1. The van der Waals surface area contributed by atoms with Gasteiger partial charge in [0.2, 0.25) is 11.8 Å². The lowest BCUT2D eigenvalue weighted by Crippen LogP contribution is -2.43. The number of carbonyl (C=O) groups excluding carboxylic acids is 2. The third kappa shape index (κ3) is 3.95. The van der Waals surface area contributed by atoms with Crippen molar-refractivity contribution in [1.29, 1.82) is 0 Å². The molecule has 118 valence electrons. The van der Waals surface area contributed by atoms with Crippen LogP contribution in [0.3, 0.4) is 0 Å². The second kappa shape index (κ2) is 6.91. The van der Waals surface area contributed by atoms with Gasteiger partial charge in [0.1, 0.15) is 0 Å². The van der Waals surface area contributed by atoms with Crippen LogP contribution in [-0.2, 0) is 14.4 Å². The maximum absolute atomic E-state index is 12.1. The van der Waals surface area contributed by atoms with Gasteiger partial charge < -0.3 is 15.3 Å². The summed E-state index contributed by atoms with van der Waals surface area (Å²) in [6.07, 6.45) is 3.90. The van der Waals surface area contributed by atoms with Gasteiger partial charge in [-0.15, -0.1) is 0 Å². The number of hydrogen-bond donors (Lipinski definition) is 2. The molecule has 0 spiro atoms. The van der Waals surface area contributed by atoms with E-state index < -0.39 is 5.97 Å². The van der Waals surface area contributed by atoms with E-state index in [9.17, 15) is 14.4 Å². The fraction of sp³-hybridized carbons (Fsp3) is 0.800. The molecular formula is C15H24N2O4. The number of nitrogens with zero attached hydrogens (tertiary/aromatic N) is 1. The summed E-state index contributed by atoms with van der Waals surface area (Å²) < 4.78 is 0. The highest BCUT2D eigenvalue weighted by Crippen LogP contribution is 2.31. The number of carboxylic acid groups (broad SMARTS) is 1. The average Bonchev–Trinajstić information content (AvgIpc) is 2.93. The fourth-order valence-corrected chi connectivity index (χ4v) is 3.44. The lowest BCUT2D eigenvalue weighted by atomic mass is 9.94. The molecule has 2 rings (SSSR count). The Balaban J connectivity index is 1.75. The molecule has 6 heteroatoms. The SMILES string of the molecule is CC(=O)N1CCC(C(=O)NCC2CCCC2C(=O)O)CC1. The maximum Gasteiger partial charge on any atom is 0.306 e. The number of aliphatic carboxylic acids is 1. The molecule has 2 unspecified atom stereocenters. The molecule has 1 aliphatic carbocycles. The number of carboxylic acids is 1. The van der Waals surface area contributed by atoms with Crippen LogP contribution in [0, 0.1) is 17.8 Å². The van der Waals surface area contributed by atoms with E-state index in [2.05, 4.69) is 5.32 Å². The maximum atomic E-state index is 12.1. The Morgan fingerprint density at radius 2 is 1.81 bits per heavy atom. The number of amides is 2. The summed E-state index contributed by atoms with van der Waals surface area (Å²) in [4.78, 5) is 36.3. The summed E-state index contributed by atoms with van der Waals surface area (Å²) in [6.45, 7) is 3.28. The summed E-state index contributed by atoms with van der Waals surface area (Å²) in [5.41, 5.74) is 0. The molecule has 0 aromatic heterocycles. The number of rotatable bonds is 4. The zero-order valence-corrected chi connectivity index (χ0v) is 12.5. The Morgan fingerprint density at radius 3 is 2.38 bits per heavy atom. The second-order valence-corrected chi connectivity index (χ2v) is 6.16. The first kappa shape index (κ1) is 15.8. The van der Waals surface area contributed by atoms with Crippen LogP contribution in [0.2, 0.25) is 0 Å². The van der Waals surface area contributed by atoms with Gasteiger partial charge >= 0.3 is 5.97 Å². The normalized spacial score (nSPS) is 26.6. The molecule has 21 heavy (non-hydrogen) atoms. The van der Waals surface area contributed by atoms with Crippen LogP contribution < -0.4 is 5.32 Å². The Hall–Kier alpha value is -1.59. The standard InChI is InChI=1S/C15H24N2O4/c1-10(18)17-7-5-11(6-8-17)14(19)16-9-12-3-2-4-13(12)15(20)21/h11-13H,2-9H2,1H3,(H,16,19)(H,20,21). The Bertz CT molecular complexity index is 416. The fourth-order valence-electron chi connectivity index (χ4n) is 3.44. The van der Waals surface area contributed by atoms with Gasteiger partial charge in [0.15, 0.2) is 0 Å². The van der Waals surface area contributed by atoms with Crippen molar-refractivity contribution in [3.63, 3.8) is 0 Å². The van der Waals surface area contributed by atoms with Gasteiger partial charge in [-0.25, -0.2) is 0 Å². The molecule has 2 aliphatic rings. The molecule has 0 aromatic carbocycles. The monoisotopic (exact) mass is 296 g/mol. The predicted molar refractivity (Wildman–Crippen MR) is 76.5 cm³/mol. The molecule has 1 saturated heterocycles. The van der Waals surface area contributed by atoms with Crippen molar-refractivity contribution in [1.82, 2.24) is 10.2 Å². The topological polar surface area (TPSA) is 86.7 Å². The van der Waals surface area contributed by atoms with Crippen molar-refractivity contribution < 1.29 is 19.5 Å². The third-order valence-corrected chi connectivity index (χ3v) is 4.83. The summed E-state index contributed by atoms with van der Waals surface area (Å²) in [5, 5.41) is 12.0. The third-order valence-electron chi connectivity index (χ3n) is 4.83. The Kier molecular flexibility index (Phi) is 5.20. The average molecular weight is 296 g/mol. The smallest absolute Gasteiger partial charge is 0.306 e. The van der Waals surface area contributed by atoms with Crippen molar-refractivity contribution in [2.75, 3.05) is 19.6 Å². The van der Waals surface area contributed by atoms with Crippen LogP contribution in [0.4, 0.5) is 0 Å². The Labute approximate surface area is 124 Å². The molecule has 2 amide bonds. The van der Waals surface area contributed by atoms with Gasteiger partial charge in [0.05, 0.1) is 5.92 Å². The van der Waals surface area contributed by atoms with Gasteiger partial charge in [-0.1, -0.05) is 6.42 Å². The van der Waals surface area contributed by atoms with Crippen LogP contribution in [-0.4, -0.2) is 47.4 Å². The zero-order chi connectivity index (χ0) is 15.4. The molecule has 2 N–H and O–H groups in total. The molecule has 6 nitrogen and oxygen atoms in total. The van der Waals surface area contributed by atoms with Crippen LogP contribution in [0.1, 0.15) is 39.0 Å². The molecule has 1 heterocycles. The summed E-state index contributed by atoms with van der Waals surface area (Å²) >= 11 is 0. The van der Waals surface area contributed by atoms with Gasteiger partial charge in [-0.2, -0.15) is 0 Å². The lowest BCUT2D eigenvalue weighted by Gasteiger charge is -2.30. The highest BCUT2D eigenvalue weighted by atomic mass is 16.4. The number of hydrogen-bond acceptors (Lipinski definition) is 3. The van der Waals surface area contributed by atoms with Crippen molar-refractivity contribution in [3.8, 4) is 0 Å².